The molecule has 146 valence electrons. The van der Waals surface area contributed by atoms with Crippen LogP contribution in [0.1, 0.15) is 22.3 Å². The highest BCUT2D eigenvalue weighted by Crippen LogP contribution is 2.33. The Morgan fingerprint density at radius 2 is 2.00 bits per heavy atom. The van der Waals surface area contributed by atoms with Crippen LogP contribution in [0.5, 0.6) is 0 Å². The number of esters is 1. The first kappa shape index (κ1) is 19.8. The molecule has 2 aromatic rings. The molecule has 0 saturated carbocycles. The summed E-state index contributed by atoms with van der Waals surface area (Å²) in [7, 11) is 1.28. The second-order valence-corrected chi connectivity index (χ2v) is 6.67. The van der Waals surface area contributed by atoms with Gasteiger partial charge in [-0.1, -0.05) is 29.8 Å². The van der Waals surface area contributed by atoms with E-state index >= 15 is 0 Å². The molecule has 8 heteroatoms. The van der Waals surface area contributed by atoms with E-state index in [0.29, 0.717) is 12.1 Å². The molecule has 3 rings (SSSR count). The Bertz CT molecular complexity index is 934. The predicted octanol–water partition coefficient (Wildman–Crippen LogP) is 2.73. The van der Waals surface area contributed by atoms with Crippen molar-refractivity contribution in [3.8, 4) is 0 Å². The smallest absolute Gasteiger partial charge is 0.329 e. The molecule has 6 nitrogen and oxygen atoms in total. The van der Waals surface area contributed by atoms with Crippen molar-refractivity contribution in [1.82, 2.24) is 5.32 Å². The second-order valence-electron chi connectivity index (χ2n) is 6.27. The molecule has 1 heterocycles. The third kappa shape index (κ3) is 3.99. The molecular formula is C20H18ClFN2O4. The lowest BCUT2D eigenvalue weighted by molar-refractivity contribution is -0.143. The number of para-hydroxylation sites is 1. The summed E-state index contributed by atoms with van der Waals surface area (Å²) in [6.45, 7) is 0.0396. The summed E-state index contributed by atoms with van der Waals surface area (Å²) in [5, 5.41) is 2.58. The van der Waals surface area contributed by atoms with E-state index in [9.17, 15) is 18.8 Å². The molecule has 0 aromatic heterocycles. The standard InChI is InChI=1S/C20H18ClFN2O4/c1-28-20(27)17-10-12-4-2-3-5-16(12)24(17)18(25)8-9-23-19(26)14-7-6-13(22)11-15(14)21/h2-7,11,17H,8-10H2,1H3,(H,23,26). The van der Waals surface area contributed by atoms with Gasteiger partial charge in [0.2, 0.25) is 5.91 Å². The molecule has 0 radical (unpaired) electrons. The van der Waals surface area contributed by atoms with Crippen molar-refractivity contribution < 1.29 is 23.5 Å². The summed E-state index contributed by atoms with van der Waals surface area (Å²) in [6.07, 6.45) is 0.360. The highest BCUT2D eigenvalue weighted by atomic mass is 35.5. The second kappa shape index (κ2) is 8.39. The van der Waals surface area contributed by atoms with Gasteiger partial charge in [0.25, 0.3) is 5.91 Å². The topological polar surface area (TPSA) is 75.7 Å². The van der Waals surface area contributed by atoms with Gasteiger partial charge in [-0.05, 0) is 29.8 Å². The van der Waals surface area contributed by atoms with Gasteiger partial charge in [-0.2, -0.15) is 0 Å². The first-order chi connectivity index (χ1) is 13.4. The zero-order valence-electron chi connectivity index (χ0n) is 15.1. The number of hydrogen-bond acceptors (Lipinski definition) is 4. The van der Waals surface area contributed by atoms with E-state index in [2.05, 4.69) is 5.32 Å². The van der Waals surface area contributed by atoms with Crippen LogP contribution in [0.2, 0.25) is 5.02 Å². The molecule has 0 spiro atoms. The maximum atomic E-state index is 13.1. The lowest BCUT2D eigenvalue weighted by atomic mass is 10.1. The van der Waals surface area contributed by atoms with Crippen molar-refractivity contribution in [3.63, 3.8) is 0 Å². The van der Waals surface area contributed by atoms with Crippen LogP contribution in [0.25, 0.3) is 0 Å². The summed E-state index contributed by atoms with van der Waals surface area (Å²) >= 11 is 5.87. The Morgan fingerprint density at radius 3 is 2.71 bits per heavy atom. The Balaban J connectivity index is 1.66. The van der Waals surface area contributed by atoms with E-state index < -0.39 is 23.7 Å². The Labute approximate surface area is 166 Å². The number of benzene rings is 2. The van der Waals surface area contributed by atoms with E-state index in [1.807, 2.05) is 12.1 Å². The summed E-state index contributed by atoms with van der Waals surface area (Å²) in [6, 6.07) is 9.99. The minimum Gasteiger partial charge on any atom is -0.467 e. The Morgan fingerprint density at radius 1 is 1.25 bits per heavy atom. The van der Waals surface area contributed by atoms with Crippen molar-refractivity contribution in [1.29, 1.82) is 0 Å². The minimum absolute atomic E-state index is 0.0111. The number of methoxy groups -OCH3 is 1. The Hall–Kier alpha value is -2.93. The number of fused-ring (bicyclic) bond motifs is 1. The molecule has 2 amide bonds. The first-order valence-electron chi connectivity index (χ1n) is 8.63. The monoisotopic (exact) mass is 404 g/mol. The fraction of sp³-hybridized carbons (Fsp3) is 0.250. The number of nitrogens with zero attached hydrogens (tertiary/aromatic N) is 1. The number of halogens is 2. The maximum absolute atomic E-state index is 13.1. The fourth-order valence-electron chi connectivity index (χ4n) is 3.19. The zero-order valence-corrected chi connectivity index (χ0v) is 15.8. The predicted molar refractivity (Wildman–Crippen MR) is 102 cm³/mol. The normalized spacial score (nSPS) is 15.1. The summed E-state index contributed by atoms with van der Waals surface area (Å²) in [5.74, 6) is -1.86. The van der Waals surface area contributed by atoms with E-state index in [-0.39, 0.29) is 29.5 Å². The van der Waals surface area contributed by atoms with Crippen LogP contribution < -0.4 is 10.2 Å². The maximum Gasteiger partial charge on any atom is 0.329 e. The highest BCUT2D eigenvalue weighted by molar-refractivity contribution is 6.33. The van der Waals surface area contributed by atoms with Gasteiger partial charge < -0.3 is 10.1 Å². The van der Waals surface area contributed by atoms with E-state index in [4.69, 9.17) is 16.3 Å². The van der Waals surface area contributed by atoms with Crippen molar-refractivity contribution >= 4 is 35.1 Å². The van der Waals surface area contributed by atoms with Gasteiger partial charge in [0.05, 0.1) is 17.7 Å². The van der Waals surface area contributed by atoms with Gasteiger partial charge in [0.15, 0.2) is 0 Å². The van der Waals surface area contributed by atoms with Crippen molar-refractivity contribution in [2.75, 3.05) is 18.6 Å². The molecule has 1 atom stereocenters. The Kier molecular flexibility index (Phi) is 5.94. The van der Waals surface area contributed by atoms with Crippen LogP contribution in [0.3, 0.4) is 0 Å². The van der Waals surface area contributed by atoms with Gasteiger partial charge in [0.1, 0.15) is 11.9 Å². The number of ether oxygens (including phenoxy) is 1. The van der Waals surface area contributed by atoms with E-state index in [1.54, 1.807) is 12.1 Å². The number of nitrogens with one attached hydrogen (secondary N) is 1. The van der Waals surface area contributed by atoms with Gasteiger partial charge in [-0.3, -0.25) is 14.5 Å². The van der Waals surface area contributed by atoms with Crippen LogP contribution in [0.4, 0.5) is 10.1 Å². The molecule has 1 aliphatic rings. The molecule has 2 aromatic carbocycles. The lowest BCUT2D eigenvalue weighted by Crippen LogP contribution is -2.44. The van der Waals surface area contributed by atoms with Crippen molar-refractivity contribution in [2.24, 2.45) is 0 Å². The molecule has 0 fully saturated rings. The lowest BCUT2D eigenvalue weighted by Gasteiger charge is -2.23. The van der Waals surface area contributed by atoms with Crippen LogP contribution in [0, 0.1) is 5.82 Å². The summed E-state index contributed by atoms with van der Waals surface area (Å²) in [5.41, 5.74) is 1.67. The van der Waals surface area contributed by atoms with Crippen molar-refractivity contribution in [2.45, 2.75) is 18.9 Å². The number of anilines is 1. The number of carbonyl (C=O) groups is 3. The van der Waals surface area contributed by atoms with E-state index in [1.165, 1.54) is 18.1 Å². The number of carbonyl (C=O) groups excluding carboxylic acids is 3. The van der Waals surface area contributed by atoms with E-state index in [0.717, 1.165) is 17.7 Å². The molecule has 0 bridgehead atoms. The fourth-order valence-corrected chi connectivity index (χ4v) is 3.44. The van der Waals surface area contributed by atoms with Crippen molar-refractivity contribution in [3.05, 3.63) is 64.4 Å². The van der Waals surface area contributed by atoms with Crippen LogP contribution in [-0.2, 0) is 20.7 Å². The molecule has 0 aliphatic carbocycles. The molecule has 1 unspecified atom stereocenters. The van der Waals surface area contributed by atoms with Gasteiger partial charge in [0, 0.05) is 25.1 Å². The molecular weight excluding hydrogens is 387 g/mol. The quantitative estimate of drug-likeness (QED) is 0.777. The third-order valence-corrected chi connectivity index (χ3v) is 4.83. The molecule has 1 N–H and O–H groups in total. The third-order valence-electron chi connectivity index (χ3n) is 4.52. The zero-order chi connectivity index (χ0) is 20.3. The highest BCUT2D eigenvalue weighted by Gasteiger charge is 2.38. The molecule has 28 heavy (non-hydrogen) atoms. The minimum atomic E-state index is -0.725. The molecule has 1 aliphatic heterocycles. The largest absolute Gasteiger partial charge is 0.467 e. The number of rotatable bonds is 5. The summed E-state index contributed by atoms with van der Waals surface area (Å²) < 4.78 is 17.9. The molecule has 0 saturated heterocycles. The van der Waals surface area contributed by atoms with Gasteiger partial charge in [-0.15, -0.1) is 0 Å². The van der Waals surface area contributed by atoms with Crippen LogP contribution in [-0.4, -0.2) is 37.5 Å². The van der Waals surface area contributed by atoms with Gasteiger partial charge in [-0.25, -0.2) is 9.18 Å². The average Bonchev–Trinajstić information content (AvgIpc) is 3.06. The SMILES string of the molecule is COC(=O)C1Cc2ccccc2N1C(=O)CCNC(=O)c1ccc(F)cc1Cl. The van der Waals surface area contributed by atoms with Crippen LogP contribution in [0.15, 0.2) is 42.5 Å². The first-order valence-corrected chi connectivity index (χ1v) is 9.01. The van der Waals surface area contributed by atoms with Crippen LogP contribution >= 0.6 is 11.6 Å². The average molecular weight is 405 g/mol. The number of hydrogen-bond donors (Lipinski definition) is 1. The summed E-state index contributed by atoms with van der Waals surface area (Å²) in [4.78, 5) is 38.5. The number of amides is 2. The van der Waals surface area contributed by atoms with Gasteiger partial charge >= 0.3 is 5.97 Å².